The summed E-state index contributed by atoms with van der Waals surface area (Å²) in [4.78, 5) is 10.8. The number of ether oxygens (including phenoxy) is 1. The largest absolute Gasteiger partial charge is 0.466 e. The number of hydrogen-bond acceptors (Lipinski definition) is 2. The molecule has 0 radical (unpaired) electrons. The molecular formula is C23H38O2. The number of rotatable bonds is 8. The quantitative estimate of drug-likeness (QED) is 0.381. The maximum atomic E-state index is 10.8. The molecule has 0 atom stereocenters. The lowest BCUT2D eigenvalue weighted by Crippen LogP contribution is -2.03. The molecule has 2 nitrogen and oxygen atoms in total. The molecule has 2 heteroatoms. The summed E-state index contributed by atoms with van der Waals surface area (Å²) in [5.74, 6) is -0.214. The lowest BCUT2D eigenvalue weighted by atomic mass is 10.00. The minimum absolute atomic E-state index is 0. The van der Waals surface area contributed by atoms with Crippen molar-refractivity contribution in [1.82, 2.24) is 0 Å². The van der Waals surface area contributed by atoms with Gasteiger partial charge >= 0.3 is 5.97 Å². The van der Waals surface area contributed by atoms with Gasteiger partial charge in [-0.25, -0.2) is 0 Å². The SMILES string of the molecule is C.C.C.CCCCCCc1ccc2cc(CCOC(C)=O)ccc2c1. The van der Waals surface area contributed by atoms with E-state index in [-0.39, 0.29) is 28.2 Å². The van der Waals surface area contributed by atoms with Crippen molar-refractivity contribution >= 4 is 16.7 Å². The van der Waals surface area contributed by atoms with Gasteiger partial charge in [-0.1, -0.05) is 84.9 Å². The summed E-state index contributed by atoms with van der Waals surface area (Å²) in [6.45, 7) is 4.15. The predicted molar refractivity (Wildman–Crippen MR) is 112 cm³/mol. The maximum Gasteiger partial charge on any atom is 0.302 e. The number of fused-ring (bicyclic) bond motifs is 1. The Kier molecular flexibility index (Phi) is 13.7. The van der Waals surface area contributed by atoms with Gasteiger partial charge in [0.1, 0.15) is 0 Å². The normalized spacial score (nSPS) is 9.52. The highest BCUT2D eigenvalue weighted by atomic mass is 16.5. The number of hydrogen-bond donors (Lipinski definition) is 0. The van der Waals surface area contributed by atoms with Gasteiger partial charge in [-0.3, -0.25) is 4.79 Å². The fraction of sp³-hybridized carbons (Fsp3) is 0.522. The molecule has 2 aromatic carbocycles. The second-order valence-corrected chi connectivity index (χ2v) is 5.92. The second-order valence-electron chi connectivity index (χ2n) is 5.92. The molecule has 0 aliphatic heterocycles. The Labute approximate surface area is 155 Å². The average molecular weight is 347 g/mol. The van der Waals surface area contributed by atoms with Crippen molar-refractivity contribution < 1.29 is 9.53 Å². The molecule has 25 heavy (non-hydrogen) atoms. The van der Waals surface area contributed by atoms with Gasteiger partial charge in [0.15, 0.2) is 0 Å². The fourth-order valence-corrected chi connectivity index (χ4v) is 2.72. The summed E-state index contributed by atoms with van der Waals surface area (Å²) in [7, 11) is 0. The fourth-order valence-electron chi connectivity index (χ4n) is 2.72. The van der Waals surface area contributed by atoms with Crippen LogP contribution in [0.4, 0.5) is 0 Å². The first-order valence-corrected chi connectivity index (χ1v) is 8.34. The molecule has 0 aromatic heterocycles. The van der Waals surface area contributed by atoms with Crippen LogP contribution in [-0.2, 0) is 22.4 Å². The predicted octanol–water partition coefficient (Wildman–Crippen LogP) is 6.98. The van der Waals surface area contributed by atoms with Gasteiger partial charge in [0.25, 0.3) is 0 Å². The third kappa shape index (κ3) is 8.72. The Balaban J connectivity index is 0. The van der Waals surface area contributed by atoms with Gasteiger partial charge in [0.2, 0.25) is 0 Å². The Morgan fingerprint density at radius 3 is 1.92 bits per heavy atom. The third-order valence-corrected chi connectivity index (χ3v) is 3.98. The first-order valence-electron chi connectivity index (χ1n) is 8.34. The van der Waals surface area contributed by atoms with Crippen LogP contribution in [0, 0.1) is 0 Å². The van der Waals surface area contributed by atoms with Crippen LogP contribution in [0.3, 0.4) is 0 Å². The lowest BCUT2D eigenvalue weighted by molar-refractivity contribution is -0.140. The lowest BCUT2D eigenvalue weighted by Gasteiger charge is -2.07. The number of aryl methyl sites for hydroxylation is 1. The first-order chi connectivity index (χ1) is 10.7. The van der Waals surface area contributed by atoms with Crippen LogP contribution in [0.25, 0.3) is 10.8 Å². The molecule has 0 saturated carbocycles. The summed E-state index contributed by atoms with van der Waals surface area (Å²) < 4.78 is 5.00. The van der Waals surface area contributed by atoms with E-state index in [4.69, 9.17) is 4.74 Å². The van der Waals surface area contributed by atoms with Gasteiger partial charge in [0, 0.05) is 13.3 Å². The first kappa shape index (κ1) is 25.4. The van der Waals surface area contributed by atoms with E-state index in [1.165, 1.54) is 60.9 Å². The van der Waals surface area contributed by atoms with Crippen molar-refractivity contribution in [3.05, 3.63) is 47.5 Å². The molecule has 2 rings (SSSR count). The number of unbranched alkanes of at least 4 members (excludes halogenated alkanes) is 3. The maximum absolute atomic E-state index is 10.8. The van der Waals surface area contributed by atoms with Crippen LogP contribution in [0.1, 0.15) is 72.9 Å². The van der Waals surface area contributed by atoms with Crippen LogP contribution >= 0.6 is 0 Å². The summed E-state index contributed by atoms with van der Waals surface area (Å²) >= 11 is 0. The van der Waals surface area contributed by atoms with E-state index in [1.54, 1.807) is 0 Å². The van der Waals surface area contributed by atoms with E-state index >= 15 is 0 Å². The Morgan fingerprint density at radius 1 is 0.840 bits per heavy atom. The average Bonchev–Trinajstić information content (AvgIpc) is 2.51. The van der Waals surface area contributed by atoms with Crippen molar-refractivity contribution in [2.24, 2.45) is 0 Å². The zero-order valence-electron chi connectivity index (χ0n) is 13.7. The molecule has 0 aliphatic carbocycles. The van der Waals surface area contributed by atoms with Crippen molar-refractivity contribution in [1.29, 1.82) is 0 Å². The zero-order valence-corrected chi connectivity index (χ0v) is 13.7. The van der Waals surface area contributed by atoms with Crippen LogP contribution in [-0.4, -0.2) is 12.6 Å². The van der Waals surface area contributed by atoms with Crippen molar-refractivity contribution in [3.63, 3.8) is 0 Å². The molecule has 0 amide bonds. The number of carbonyl (C=O) groups excluding carboxylic acids is 1. The molecule has 0 spiro atoms. The molecule has 0 heterocycles. The van der Waals surface area contributed by atoms with E-state index in [2.05, 4.69) is 43.3 Å². The minimum Gasteiger partial charge on any atom is -0.466 e. The third-order valence-electron chi connectivity index (χ3n) is 3.98. The highest BCUT2D eigenvalue weighted by Gasteiger charge is 2.01. The van der Waals surface area contributed by atoms with Crippen molar-refractivity contribution in [2.45, 2.75) is 74.7 Å². The van der Waals surface area contributed by atoms with E-state index in [0.29, 0.717) is 6.61 Å². The number of benzene rings is 2. The zero-order chi connectivity index (χ0) is 15.8. The molecule has 0 unspecified atom stereocenters. The number of carbonyl (C=O) groups is 1. The topological polar surface area (TPSA) is 26.3 Å². The van der Waals surface area contributed by atoms with Gasteiger partial charge in [-0.05, 0) is 34.7 Å². The van der Waals surface area contributed by atoms with Crippen LogP contribution in [0.15, 0.2) is 36.4 Å². The van der Waals surface area contributed by atoms with E-state index in [1.807, 2.05) is 0 Å². The van der Waals surface area contributed by atoms with Gasteiger partial charge in [0.05, 0.1) is 6.61 Å². The van der Waals surface area contributed by atoms with Crippen molar-refractivity contribution in [2.75, 3.05) is 6.61 Å². The van der Waals surface area contributed by atoms with E-state index < -0.39 is 0 Å². The van der Waals surface area contributed by atoms with Gasteiger partial charge < -0.3 is 4.74 Å². The molecular weight excluding hydrogens is 308 g/mol. The van der Waals surface area contributed by atoms with Crippen LogP contribution in [0.2, 0.25) is 0 Å². The molecule has 0 bridgehead atoms. The van der Waals surface area contributed by atoms with Gasteiger partial charge in [-0.15, -0.1) is 0 Å². The highest BCUT2D eigenvalue weighted by Crippen LogP contribution is 2.20. The van der Waals surface area contributed by atoms with E-state index in [0.717, 1.165) is 6.42 Å². The van der Waals surface area contributed by atoms with Crippen LogP contribution in [0.5, 0.6) is 0 Å². The summed E-state index contributed by atoms with van der Waals surface area (Å²) in [5.41, 5.74) is 2.64. The molecule has 0 N–H and O–H groups in total. The summed E-state index contributed by atoms with van der Waals surface area (Å²) in [6.07, 6.45) is 7.16. The Bertz CT molecular complexity index is 617. The standard InChI is InChI=1S/C20H26O2.3CH4/c1-3-4-5-6-7-17-8-10-20-15-18(9-11-19(20)14-17)12-13-22-16(2)21;;;/h8-11,14-15H,3-7,12-13H2,1-2H3;3*1H4. The number of esters is 1. The van der Waals surface area contributed by atoms with Gasteiger partial charge in [-0.2, -0.15) is 0 Å². The molecule has 0 fully saturated rings. The Hall–Kier alpha value is -1.83. The molecule has 0 aliphatic rings. The summed E-state index contributed by atoms with van der Waals surface area (Å²) in [5, 5.41) is 2.56. The Morgan fingerprint density at radius 2 is 1.40 bits per heavy atom. The molecule has 0 saturated heterocycles. The van der Waals surface area contributed by atoms with Crippen LogP contribution < -0.4 is 0 Å². The summed E-state index contributed by atoms with van der Waals surface area (Å²) in [6, 6.07) is 13.3. The van der Waals surface area contributed by atoms with Crippen molar-refractivity contribution in [3.8, 4) is 0 Å². The molecule has 142 valence electrons. The smallest absolute Gasteiger partial charge is 0.302 e. The van der Waals surface area contributed by atoms with E-state index in [9.17, 15) is 4.79 Å². The highest BCUT2D eigenvalue weighted by molar-refractivity contribution is 5.83. The monoisotopic (exact) mass is 346 g/mol. The second kappa shape index (κ2) is 13.5. The molecule has 2 aromatic rings. The minimum atomic E-state index is -0.214.